The Labute approximate surface area is 255 Å². The third kappa shape index (κ3) is 7.75. The molecule has 2 aliphatic heterocycles. The molecule has 3 aromatic carbocycles. The van der Waals surface area contributed by atoms with E-state index < -0.39 is 0 Å². The second-order valence-corrected chi connectivity index (χ2v) is 12.1. The number of likely N-dealkylation sites (N-methyl/N-ethyl adjacent to an activating group) is 1. The van der Waals surface area contributed by atoms with Crippen LogP contribution in [0.2, 0.25) is 0 Å². The first-order valence-corrected chi connectivity index (χ1v) is 15.4. The molecule has 2 heterocycles. The van der Waals surface area contributed by atoms with Gasteiger partial charge in [0.15, 0.2) is 5.75 Å². The summed E-state index contributed by atoms with van der Waals surface area (Å²) < 4.78 is 12.7. The molecule has 1 fully saturated rings. The number of piperidine rings is 1. The number of anilines is 1. The number of para-hydroxylation sites is 2. The quantitative estimate of drug-likeness (QED) is 0.331. The lowest BCUT2D eigenvalue weighted by Crippen LogP contribution is -2.48. The van der Waals surface area contributed by atoms with Crippen LogP contribution in [-0.2, 0) is 11.3 Å². The molecule has 1 unspecified atom stereocenters. The SMILES string of the molecule is CC(C)N1C[C@H](C)C(CN(C)Cc2ccc(Oc3ccccc3)cc2)Oc2c(NC(=O)C3CCNCC3)cccc2C1=O. The number of carbonyl (C=O) groups excluding carboxylic acids is 2. The van der Waals surface area contributed by atoms with Gasteiger partial charge >= 0.3 is 0 Å². The normalized spacial score (nSPS) is 19.4. The predicted molar refractivity (Wildman–Crippen MR) is 170 cm³/mol. The molecule has 2 aliphatic rings. The van der Waals surface area contributed by atoms with Crippen LogP contribution in [0, 0.1) is 11.8 Å². The molecule has 43 heavy (non-hydrogen) atoms. The zero-order valence-corrected chi connectivity index (χ0v) is 25.7. The van der Waals surface area contributed by atoms with Gasteiger partial charge in [-0.15, -0.1) is 0 Å². The van der Waals surface area contributed by atoms with Gasteiger partial charge in [0.1, 0.15) is 17.6 Å². The van der Waals surface area contributed by atoms with Gasteiger partial charge in [-0.1, -0.05) is 43.3 Å². The van der Waals surface area contributed by atoms with Gasteiger partial charge in [-0.05, 0) is 88.8 Å². The topological polar surface area (TPSA) is 83.1 Å². The second-order valence-electron chi connectivity index (χ2n) is 12.1. The molecule has 2 N–H and O–H groups in total. The number of ether oxygens (including phenoxy) is 2. The summed E-state index contributed by atoms with van der Waals surface area (Å²) in [5.41, 5.74) is 2.22. The first-order valence-electron chi connectivity index (χ1n) is 15.4. The molecule has 0 saturated carbocycles. The largest absolute Gasteiger partial charge is 0.486 e. The van der Waals surface area contributed by atoms with E-state index >= 15 is 0 Å². The number of fused-ring (bicyclic) bond motifs is 1. The standard InChI is InChI=1S/C35H44N4O4/c1-24(2)39-21-25(3)32(23-38(4)22-26-13-15-29(16-14-26)42-28-9-6-5-7-10-28)43-33-30(35(39)41)11-8-12-31(33)37-34(40)27-17-19-36-20-18-27/h5-16,24-25,27,32,36H,17-23H2,1-4H3,(H,37,40)/t25-,32?/m0/s1. The Kier molecular flexibility index (Phi) is 10.00. The average molecular weight is 585 g/mol. The highest BCUT2D eigenvalue weighted by atomic mass is 16.5. The highest BCUT2D eigenvalue weighted by Crippen LogP contribution is 2.35. The Morgan fingerprint density at radius 1 is 1.02 bits per heavy atom. The van der Waals surface area contributed by atoms with Gasteiger partial charge < -0.3 is 25.0 Å². The van der Waals surface area contributed by atoms with E-state index in [4.69, 9.17) is 9.47 Å². The Balaban J connectivity index is 1.33. The maximum absolute atomic E-state index is 13.7. The number of benzene rings is 3. The summed E-state index contributed by atoms with van der Waals surface area (Å²) in [6.45, 7) is 9.86. The minimum absolute atomic E-state index is 0.0184. The van der Waals surface area contributed by atoms with Crippen LogP contribution < -0.4 is 20.1 Å². The summed E-state index contributed by atoms with van der Waals surface area (Å²) in [6.07, 6.45) is 1.40. The van der Waals surface area contributed by atoms with Crippen LogP contribution in [0.3, 0.4) is 0 Å². The van der Waals surface area contributed by atoms with E-state index in [0.717, 1.165) is 49.5 Å². The summed E-state index contributed by atoms with van der Waals surface area (Å²) in [5, 5.41) is 6.43. The van der Waals surface area contributed by atoms with Crippen molar-refractivity contribution in [1.29, 1.82) is 0 Å². The molecule has 0 aromatic heterocycles. The summed E-state index contributed by atoms with van der Waals surface area (Å²) in [6, 6.07) is 23.4. The number of hydrogen-bond donors (Lipinski definition) is 2. The number of rotatable bonds is 9. The number of nitrogens with zero attached hydrogens (tertiary/aromatic N) is 2. The van der Waals surface area contributed by atoms with E-state index in [2.05, 4.69) is 41.6 Å². The lowest BCUT2D eigenvalue weighted by atomic mass is 9.96. The highest BCUT2D eigenvalue weighted by molar-refractivity contribution is 6.02. The molecule has 228 valence electrons. The molecular formula is C35H44N4O4. The molecule has 0 radical (unpaired) electrons. The maximum Gasteiger partial charge on any atom is 0.257 e. The number of nitrogens with one attached hydrogen (secondary N) is 2. The van der Waals surface area contributed by atoms with Gasteiger partial charge in [0, 0.05) is 37.5 Å². The van der Waals surface area contributed by atoms with E-state index in [1.165, 1.54) is 0 Å². The molecular weight excluding hydrogens is 540 g/mol. The van der Waals surface area contributed by atoms with Crippen LogP contribution in [-0.4, -0.2) is 67.0 Å². The van der Waals surface area contributed by atoms with Crippen molar-refractivity contribution in [2.24, 2.45) is 11.8 Å². The van der Waals surface area contributed by atoms with Crippen LogP contribution in [0.25, 0.3) is 0 Å². The van der Waals surface area contributed by atoms with Crippen LogP contribution >= 0.6 is 0 Å². The van der Waals surface area contributed by atoms with Gasteiger partial charge in [0.05, 0.1) is 11.3 Å². The smallest absolute Gasteiger partial charge is 0.257 e. The van der Waals surface area contributed by atoms with E-state index in [1.54, 1.807) is 0 Å². The van der Waals surface area contributed by atoms with E-state index in [9.17, 15) is 9.59 Å². The Bertz CT molecular complexity index is 1370. The van der Waals surface area contributed by atoms with Crippen molar-refractivity contribution < 1.29 is 19.1 Å². The van der Waals surface area contributed by atoms with Gasteiger partial charge in [0.25, 0.3) is 5.91 Å². The second kappa shape index (κ2) is 14.1. The molecule has 2 amide bonds. The molecule has 2 atom stereocenters. The third-order valence-corrected chi connectivity index (χ3v) is 8.33. The minimum Gasteiger partial charge on any atom is -0.486 e. The van der Waals surface area contributed by atoms with Crippen molar-refractivity contribution in [2.45, 2.75) is 52.3 Å². The zero-order chi connectivity index (χ0) is 30.3. The van der Waals surface area contributed by atoms with Crippen molar-refractivity contribution in [3.05, 3.63) is 83.9 Å². The summed E-state index contributed by atoms with van der Waals surface area (Å²) in [5.74, 6) is 1.99. The molecule has 0 aliphatic carbocycles. The summed E-state index contributed by atoms with van der Waals surface area (Å²) >= 11 is 0. The fraction of sp³-hybridized carbons (Fsp3) is 0.429. The molecule has 0 spiro atoms. The summed E-state index contributed by atoms with van der Waals surface area (Å²) in [4.78, 5) is 31.1. The van der Waals surface area contributed by atoms with Crippen molar-refractivity contribution in [1.82, 2.24) is 15.1 Å². The third-order valence-electron chi connectivity index (χ3n) is 8.33. The Hall–Kier alpha value is -3.88. The van der Waals surface area contributed by atoms with Gasteiger partial charge in [-0.3, -0.25) is 14.5 Å². The lowest BCUT2D eigenvalue weighted by molar-refractivity contribution is -0.120. The first-order chi connectivity index (χ1) is 20.8. The van der Waals surface area contributed by atoms with Crippen molar-refractivity contribution in [2.75, 3.05) is 38.5 Å². The monoisotopic (exact) mass is 584 g/mol. The van der Waals surface area contributed by atoms with Crippen LogP contribution in [0.5, 0.6) is 17.2 Å². The number of amides is 2. The van der Waals surface area contributed by atoms with E-state index in [-0.39, 0.29) is 35.8 Å². The number of carbonyl (C=O) groups is 2. The zero-order valence-electron chi connectivity index (χ0n) is 25.7. The minimum atomic E-state index is -0.198. The molecule has 8 nitrogen and oxygen atoms in total. The van der Waals surface area contributed by atoms with Crippen molar-refractivity contribution >= 4 is 17.5 Å². The van der Waals surface area contributed by atoms with E-state index in [1.807, 2.05) is 79.4 Å². The molecule has 5 rings (SSSR count). The highest BCUT2D eigenvalue weighted by Gasteiger charge is 2.34. The average Bonchev–Trinajstić information content (AvgIpc) is 3.01. The van der Waals surface area contributed by atoms with Crippen molar-refractivity contribution in [3.63, 3.8) is 0 Å². The van der Waals surface area contributed by atoms with Gasteiger partial charge in [0.2, 0.25) is 5.91 Å². The van der Waals surface area contributed by atoms with Gasteiger partial charge in [-0.2, -0.15) is 0 Å². The fourth-order valence-corrected chi connectivity index (χ4v) is 5.82. The van der Waals surface area contributed by atoms with Crippen LogP contribution in [0.1, 0.15) is 49.5 Å². The van der Waals surface area contributed by atoms with Gasteiger partial charge in [-0.25, -0.2) is 0 Å². The lowest BCUT2D eigenvalue weighted by Gasteiger charge is -2.38. The van der Waals surface area contributed by atoms with Crippen molar-refractivity contribution in [3.8, 4) is 17.2 Å². The first kappa shape index (κ1) is 30.6. The fourth-order valence-electron chi connectivity index (χ4n) is 5.82. The molecule has 1 saturated heterocycles. The molecule has 0 bridgehead atoms. The predicted octanol–water partition coefficient (Wildman–Crippen LogP) is 5.80. The molecule has 8 heteroatoms. The van der Waals surface area contributed by atoms with Crippen LogP contribution in [0.4, 0.5) is 5.69 Å². The number of hydrogen-bond acceptors (Lipinski definition) is 6. The Morgan fingerprint density at radius 2 is 1.72 bits per heavy atom. The van der Waals surface area contributed by atoms with Crippen LogP contribution in [0.15, 0.2) is 72.8 Å². The molecule has 3 aromatic rings. The van der Waals surface area contributed by atoms with E-state index in [0.29, 0.717) is 30.1 Å². The summed E-state index contributed by atoms with van der Waals surface area (Å²) in [7, 11) is 2.08. The maximum atomic E-state index is 13.7. The Morgan fingerprint density at radius 3 is 2.42 bits per heavy atom.